The maximum atomic E-state index is 9.42. The van der Waals surface area contributed by atoms with Gasteiger partial charge >= 0.3 is 0 Å². The Morgan fingerprint density at radius 2 is 2.50 bits per heavy atom. The highest BCUT2D eigenvalue weighted by atomic mass is 16.3. The Balaban J connectivity index is 2.28. The molecule has 0 saturated heterocycles. The van der Waals surface area contributed by atoms with Crippen LogP contribution in [0.15, 0.2) is 23.3 Å². The van der Waals surface area contributed by atoms with E-state index in [4.69, 9.17) is 0 Å². The van der Waals surface area contributed by atoms with Gasteiger partial charge in [0.2, 0.25) is 0 Å². The molecule has 2 nitrogen and oxygen atoms in total. The molecule has 2 heteroatoms. The Labute approximate surface area is 60.2 Å². The Bertz CT molecular complexity index is 205. The van der Waals surface area contributed by atoms with Crippen molar-refractivity contribution >= 4 is 0 Å². The van der Waals surface area contributed by atoms with E-state index in [1.165, 1.54) is 11.1 Å². The van der Waals surface area contributed by atoms with E-state index in [0.717, 1.165) is 19.5 Å². The van der Waals surface area contributed by atoms with Gasteiger partial charge in [-0.1, -0.05) is 12.2 Å². The maximum Gasteiger partial charge on any atom is 0.0883 e. The summed E-state index contributed by atoms with van der Waals surface area (Å²) in [4.78, 5) is 0. The number of nitrogens with one attached hydrogen (secondary N) is 1. The molecule has 1 atom stereocenters. The van der Waals surface area contributed by atoms with E-state index in [2.05, 4.69) is 17.5 Å². The quantitative estimate of drug-likeness (QED) is 0.500. The summed E-state index contributed by atoms with van der Waals surface area (Å²) in [6.07, 6.45) is 4.93. The lowest BCUT2D eigenvalue weighted by Gasteiger charge is -2.20. The van der Waals surface area contributed by atoms with Gasteiger partial charge in [-0.2, -0.15) is 0 Å². The zero-order valence-corrected chi connectivity index (χ0v) is 5.80. The first-order valence-electron chi connectivity index (χ1n) is 3.65. The Morgan fingerprint density at radius 1 is 1.60 bits per heavy atom. The Hall–Kier alpha value is -0.600. The predicted molar refractivity (Wildman–Crippen MR) is 39.7 cm³/mol. The van der Waals surface area contributed by atoms with Crippen molar-refractivity contribution in [2.24, 2.45) is 0 Å². The molecule has 2 N–H and O–H groups in total. The summed E-state index contributed by atoms with van der Waals surface area (Å²) in [5, 5.41) is 12.6. The molecule has 10 heavy (non-hydrogen) atoms. The highest BCUT2D eigenvalue weighted by molar-refractivity contribution is 5.38. The summed E-state index contributed by atoms with van der Waals surface area (Å²) in [6.45, 7) is 1.66. The summed E-state index contributed by atoms with van der Waals surface area (Å²) < 4.78 is 0. The molecule has 2 aliphatic rings. The number of aliphatic hydroxyl groups is 1. The summed E-state index contributed by atoms with van der Waals surface area (Å²) in [5.41, 5.74) is 2.51. The molecular weight excluding hydrogens is 126 g/mol. The smallest absolute Gasteiger partial charge is 0.0883 e. The molecule has 1 unspecified atom stereocenters. The van der Waals surface area contributed by atoms with Crippen LogP contribution in [-0.2, 0) is 0 Å². The zero-order valence-electron chi connectivity index (χ0n) is 5.80. The van der Waals surface area contributed by atoms with Crippen LogP contribution in [0.5, 0.6) is 0 Å². The summed E-state index contributed by atoms with van der Waals surface area (Å²) in [7, 11) is 0. The van der Waals surface area contributed by atoms with Crippen LogP contribution in [-0.4, -0.2) is 24.3 Å². The van der Waals surface area contributed by atoms with Crippen LogP contribution in [0.3, 0.4) is 0 Å². The predicted octanol–water partition coefficient (Wildman–Crippen LogP) is 0.207. The molecule has 0 saturated carbocycles. The number of hydrogen-bond donors (Lipinski definition) is 2. The fourth-order valence-electron chi connectivity index (χ4n) is 1.56. The van der Waals surface area contributed by atoms with Crippen molar-refractivity contribution in [2.75, 3.05) is 13.1 Å². The van der Waals surface area contributed by atoms with Gasteiger partial charge in [-0.05, 0) is 17.6 Å². The van der Waals surface area contributed by atoms with Crippen LogP contribution in [0.1, 0.15) is 6.42 Å². The van der Waals surface area contributed by atoms with Crippen LogP contribution in [0.2, 0.25) is 0 Å². The summed E-state index contributed by atoms with van der Waals surface area (Å²) >= 11 is 0. The summed E-state index contributed by atoms with van der Waals surface area (Å²) in [5.74, 6) is 0. The normalized spacial score (nSPS) is 31.1. The fraction of sp³-hybridized carbons (Fsp3) is 0.500. The van der Waals surface area contributed by atoms with E-state index >= 15 is 0 Å². The monoisotopic (exact) mass is 137 g/mol. The average Bonchev–Trinajstić information content (AvgIpc) is 2.36. The van der Waals surface area contributed by atoms with Crippen molar-refractivity contribution in [3.8, 4) is 0 Å². The Morgan fingerprint density at radius 3 is 3.30 bits per heavy atom. The van der Waals surface area contributed by atoms with Crippen molar-refractivity contribution in [2.45, 2.75) is 12.5 Å². The van der Waals surface area contributed by atoms with Gasteiger partial charge in [0.15, 0.2) is 0 Å². The van der Waals surface area contributed by atoms with Crippen LogP contribution >= 0.6 is 0 Å². The molecule has 1 heterocycles. The molecule has 0 aromatic carbocycles. The van der Waals surface area contributed by atoms with E-state index in [1.807, 2.05) is 0 Å². The molecule has 0 aromatic rings. The van der Waals surface area contributed by atoms with E-state index in [1.54, 1.807) is 0 Å². The minimum absolute atomic E-state index is 0.237. The van der Waals surface area contributed by atoms with Gasteiger partial charge in [0.05, 0.1) is 6.10 Å². The molecule has 54 valence electrons. The van der Waals surface area contributed by atoms with Crippen molar-refractivity contribution < 1.29 is 5.11 Å². The van der Waals surface area contributed by atoms with Crippen molar-refractivity contribution in [1.29, 1.82) is 0 Å². The molecule has 0 spiro atoms. The lowest BCUT2D eigenvalue weighted by atomic mass is 10.0. The molecule has 0 bridgehead atoms. The second kappa shape index (κ2) is 2.22. The molecule has 0 aromatic heterocycles. The highest BCUT2D eigenvalue weighted by Crippen LogP contribution is 2.23. The maximum absolute atomic E-state index is 9.42. The number of hydrogen-bond acceptors (Lipinski definition) is 2. The van der Waals surface area contributed by atoms with Crippen LogP contribution in [0.4, 0.5) is 0 Å². The zero-order chi connectivity index (χ0) is 6.97. The van der Waals surface area contributed by atoms with Gasteiger partial charge in [0.25, 0.3) is 0 Å². The van der Waals surface area contributed by atoms with Gasteiger partial charge in [-0.3, -0.25) is 0 Å². The molecule has 1 aliphatic carbocycles. The van der Waals surface area contributed by atoms with Crippen molar-refractivity contribution in [1.82, 2.24) is 5.32 Å². The molecule has 0 radical (unpaired) electrons. The standard InChI is InChI=1S/C8H11NO/c10-8-5-9-4-6-2-1-3-7(6)8/h1-2,8-10H,3-5H2. The minimum Gasteiger partial charge on any atom is -0.387 e. The highest BCUT2D eigenvalue weighted by Gasteiger charge is 2.20. The molecular formula is C8H11NO. The van der Waals surface area contributed by atoms with E-state index in [9.17, 15) is 5.11 Å². The minimum atomic E-state index is -0.237. The van der Waals surface area contributed by atoms with Gasteiger partial charge in [0, 0.05) is 13.1 Å². The fourth-order valence-corrected chi connectivity index (χ4v) is 1.56. The molecule has 1 aliphatic heterocycles. The average molecular weight is 137 g/mol. The lowest BCUT2D eigenvalue weighted by Crippen LogP contribution is -2.34. The van der Waals surface area contributed by atoms with Crippen molar-refractivity contribution in [3.63, 3.8) is 0 Å². The third-order valence-corrected chi connectivity index (χ3v) is 2.12. The number of β-amino-alcohol motifs (C(OH)–C–C–N with tert-alkyl or cyclic N) is 1. The second-order valence-corrected chi connectivity index (χ2v) is 2.80. The molecule has 0 amide bonds. The van der Waals surface area contributed by atoms with Crippen LogP contribution < -0.4 is 5.32 Å². The first kappa shape index (κ1) is 6.13. The molecule has 0 fully saturated rings. The van der Waals surface area contributed by atoms with Gasteiger partial charge in [-0.15, -0.1) is 0 Å². The Kier molecular flexibility index (Phi) is 1.36. The lowest BCUT2D eigenvalue weighted by molar-refractivity contribution is 0.199. The van der Waals surface area contributed by atoms with E-state index < -0.39 is 0 Å². The van der Waals surface area contributed by atoms with E-state index in [0.29, 0.717) is 0 Å². The van der Waals surface area contributed by atoms with Gasteiger partial charge in [-0.25, -0.2) is 0 Å². The first-order valence-corrected chi connectivity index (χ1v) is 3.65. The van der Waals surface area contributed by atoms with Crippen LogP contribution in [0.25, 0.3) is 0 Å². The van der Waals surface area contributed by atoms with Gasteiger partial charge < -0.3 is 10.4 Å². The SMILES string of the molecule is OC1CNCC2=C1CC=C2. The number of aliphatic hydroxyl groups excluding tert-OH is 1. The molecule has 2 rings (SSSR count). The third-order valence-electron chi connectivity index (χ3n) is 2.12. The number of allylic oxidation sites excluding steroid dienone is 1. The third kappa shape index (κ3) is 0.805. The topological polar surface area (TPSA) is 32.3 Å². The summed E-state index contributed by atoms with van der Waals surface area (Å²) in [6, 6.07) is 0. The largest absolute Gasteiger partial charge is 0.387 e. The number of rotatable bonds is 0. The van der Waals surface area contributed by atoms with Crippen LogP contribution in [0, 0.1) is 0 Å². The van der Waals surface area contributed by atoms with E-state index in [-0.39, 0.29) is 6.10 Å². The van der Waals surface area contributed by atoms with Gasteiger partial charge in [0.1, 0.15) is 0 Å². The van der Waals surface area contributed by atoms with Crippen molar-refractivity contribution in [3.05, 3.63) is 23.3 Å². The second-order valence-electron chi connectivity index (χ2n) is 2.80. The first-order chi connectivity index (χ1) is 4.88.